The highest BCUT2D eigenvalue weighted by atomic mass is 19.1. The van der Waals surface area contributed by atoms with Gasteiger partial charge in [0.1, 0.15) is 5.82 Å². The van der Waals surface area contributed by atoms with Crippen LogP contribution >= 0.6 is 0 Å². The van der Waals surface area contributed by atoms with E-state index in [1.54, 1.807) is 12.1 Å². The lowest BCUT2D eigenvalue weighted by molar-refractivity contribution is -0.0253. The topological polar surface area (TPSA) is 35.2 Å². The molecule has 2 N–H and O–H groups in total. The van der Waals surface area contributed by atoms with Gasteiger partial charge in [-0.25, -0.2) is 4.39 Å². The lowest BCUT2D eigenvalue weighted by Crippen LogP contribution is -2.28. The summed E-state index contributed by atoms with van der Waals surface area (Å²) in [5.41, 5.74) is 6.60. The highest BCUT2D eigenvalue weighted by molar-refractivity contribution is 5.20. The van der Waals surface area contributed by atoms with Crippen LogP contribution in [0.5, 0.6) is 0 Å². The van der Waals surface area contributed by atoms with Gasteiger partial charge in [0, 0.05) is 12.5 Å². The van der Waals surface area contributed by atoms with Crippen LogP contribution in [-0.2, 0) is 4.74 Å². The van der Waals surface area contributed by atoms with Crippen LogP contribution in [0.3, 0.4) is 0 Å². The lowest BCUT2D eigenvalue weighted by atomic mass is 9.89. The van der Waals surface area contributed by atoms with Crippen LogP contribution in [0.25, 0.3) is 0 Å². The first kappa shape index (κ1) is 10.6. The summed E-state index contributed by atoms with van der Waals surface area (Å²) in [7, 11) is 0. The molecule has 2 nitrogen and oxygen atoms in total. The lowest BCUT2D eigenvalue weighted by Gasteiger charge is -2.31. The molecule has 0 saturated carbocycles. The third kappa shape index (κ3) is 2.36. The van der Waals surface area contributed by atoms with E-state index in [1.165, 1.54) is 6.07 Å². The standard InChI is InChI=1S/C12H16FNO/c13-11-5-1-3-9(7-11)12-10(8-14)4-2-6-15-12/h1,3,5,7,10,12H,2,4,6,8,14H2. The van der Waals surface area contributed by atoms with E-state index < -0.39 is 0 Å². The van der Waals surface area contributed by atoms with Crippen molar-refractivity contribution in [3.05, 3.63) is 35.6 Å². The molecule has 2 atom stereocenters. The molecule has 1 heterocycles. The van der Waals surface area contributed by atoms with Gasteiger partial charge in [-0.2, -0.15) is 0 Å². The molecule has 1 aliphatic rings. The first-order valence-corrected chi connectivity index (χ1v) is 5.38. The second-order valence-electron chi connectivity index (χ2n) is 3.98. The molecule has 0 bridgehead atoms. The highest BCUT2D eigenvalue weighted by Gasteiger charge is 2.26. The Balaban J connectivity index is 2.20. The molecule has 0 aromatic heterocycles. The van der Waals surface area contributed by atoms with Gasteiger partial charge in [-0.15, -0.1) is 0 Å². The smallest absolute Gasteiger partial charge is 0.123 e. The van der Waals surface area contributed by atoms with Gasteiger partial charge in [-0.3, -0.25) is 0 Å². The average Bonchev–Trinajstić information content (AvgIpc) is 2.29. The van der Waals surface area contributed by atoms with E-state index in [4.69, 9.17) is 10.5 Å². The number of benzene rings is 1. The molecule has 1 saturated heterocycles. The molecule has 0 amide bonds. The van der Waals surface area contributed by atoms with Crippen LogP contribution < -0.4 is 5.73 Å². The van der Waals surface area contributed by atoms with Crippen molar-refractivity contribution in [3.63, 3.8) is 0 Å². The Morgan fingerprint density at radius 1 is 1.47 bits per heavy atom. The minimum Gasteiger partial charge on any atom is -0.373 e. The zero-order chi connectivity index (χ0) is 10.7. The molecule has 2 unspecified atom stereocenters. The molecule has 0 aliphatic carbocycles. The molecular formula is C12H16FNO. The Morgan fingerprint density at radius 3 is 3.07 bits per heavy atom. The van der Waals surface area contributed by atoms with Crippen LogP contribution in [0.15, 0.2) is 24.3 Å². The summed E-state index contributed by atoms with van der Waals surface area (Å²) >= 11 is 0. The fourth-order valence-electron chi connectivity index (χ4n) is 2.14. The van der Waals surface area contributed by atoms with Crippen molar-refractivity contribution in [2.24, 2.45) is 11.7 Å². The maximum absolute atomic E-state index is 13.1. The van der Waals surface area contributed by atoms with Gasteiger partial charge in [0.15, 0.2) is 0 Å². The van der Waals surface area contributed by atoms with E-state index in [9.17, 15) is 4.39 Å². The molecule has 1 aromatic rings. The molecule has 1 aromatic carbocycles. The van der Waals surface area contributed by atoms with Crippen LogP contribution in [0.1, 0.15) is 24.5 Å². The zero-order valence-corrected chi connectivity index (χ0v) is 8.66. The average molecular weight is 209 g/mol. The maximum atomic E-state index is 13.1. The summed E-state index contributed by atoms with van der Waals surface area (Å²) in [5, 5.41) is 0. The minimum absolute atomic E-state index is 0.0283. The van der Waals surface area contributed by atoms with Gasteiger partial charge in [0.25, 0.3) is 0 Å². The zero-order valence-electron chi connectivity index (χ0n) is 8.66. The molecule has 1 aliphatic heterocycles. The number of nitrogens with two attached hydrogens (primary N) is 1. The van der Waals surface area contributed by atoms with Crippen molar-refractivity contribution in [2.75, 3.05) is 13.2 Å². The quantitative estimate of drug-likeness (QED) is 0.810. The molecule has 0 radical (unpaired) electrons. The van der Waals surface area contributed by atoms with E-state index in [2.05, 4.69) is 0 Å². The molecule has 1 fully saturated rings. The fourth-order valence-corrected chi connectivity index (χ4v) is 2.14. The van der Waals surface area contributed by atoms with Gasteiger partial charge >= 0.3 is 0 Å². The van der Waals surface area contributed by atoms with Gasteiger partial charge in [0.05, 0.1) is 6.10 Å². The molecular weight excluding hydrogens is 193 g/mol. The van der Waals surface area contributed by atoms with Crippen LogP contribution in [0, 0.1) is 11.7 Å². The van der Waals surface area contributed by atoms with Crippen molar-refractivity contribution in [3.8, 4) is 0 Å². The van der Waals surface area contributed by atoms with E-state index in [1.807, 2.05) is 6.07 Å². The van der Waals surface area contributed by atoms with Gasteiger partial charge in [-0.05, 0) is 37.1 Å². The number of ether oxygens (including phenoxy) is 1. The third-order valence-electron chi connectivity index (χ3n) is 2.92. The van der Waals surface area contributed by atoms with Crippen LogP contribution in [0.4, 0.5) is 4.39 Å². The molecule has 3 heteroatoms. The molecule has 0 spiro atoms. The Kier molecular flexibility index (Phi) is 3.34. The van der Waals surface area contributed by atoms with Crippen LogP contribution in [0.2, 0.25) is 0 Å². The molecule has 82 valence electrons. The summed E-state index contributed by atoms with van der Waals surface area (Å²) in [5.74, 6) is 0.109. The summed E-state index contributed by atoms with van der Waals surface area (Å²) in [4.78, 5) is 0. The van der Waals surface area contributed by atoms with Crippen LogP contribution in [-0.4, -0.2) is 13.2 Å². The van der Waals surface area contributed by atoms with E-state index in [0.29, 0.717) is 12.5 Å². The number of rotatable bonds is 2. The second-order valence-corrected chi connectivity index (χ2v) is 3.98. The summed E-state index contributed by atoms with van der Waals surface area (Å²) in [6.07, 6.45) is 2.09. The van der Waals surface area contributed by atoms with Crippen molar-refractivity contribution >= 4 is 0 Å². The number of hydrogen-bond donors (Lipinski definition) is 1. The van der Waals surface area contributed by atoms with Gasteiger partial charge in [-0.1, -0.05) is 12.1 Å². The maximum Gasteiger partial charge on any atom is 0.123 e. The predicted molar refractivity (Wildman–Crippen MR) is 56.9 cm³/mol. The number of hydrogen-bond acceptors (Lipinski definition) is 2. The minimum atomic E-state index is -0.211. The van der Waals surface area contributed by atoms with Gasteiger partial charge in [0.2, 0.25) is 0 Å². The third-order valence-corrected chi connectivity index (χ3v) is 2.92. The Bertz CT molecular complexity index is 329. The Labute approximate surface area is 89.2 Å². The molecule has 15 heavy (non-hydrogen) atoms. The van der Waals surface area contributed by atoms with E-state index in [0.717, 1.165) is 25.0 Å². The van der Waals surface area contributed by atoms with Crippen molar-refractivity contribution in [1.82, 2.24) is 0 Å². The van der Waals surface area contributed by atoms with Crippen molar-refractivity contribution in [2.45, 2.75) is 18.9 Å². The summed E-state index contributed by atoms with van der Waals surface area (Å²) in [6.45, 7) is 1.35. The highest BCUT2D eigenvalue weighted by Crippen LogP contribution is 2.32. The van der Waals surface area contributed by atoms with Gasteiger partial charge < -0.3 is 10.5 Å². The monoisotopic (exact) mass is 209 g/mol. The first-order chi connectivity index (χ1) is 7.31. The number of halogens is 1. The predicted octanol–water partition coefficient (Wildman–Crippen LogP) is 2.25. The Morgan fingerprint density at radius 2 is 2.33 bits per heavy atom. The van der Waals surface area contributed by atoms with E-state index >= 15 is 0 Å². The molecule has 2 rings (SSSR count). The van der Waals surface area contributed by atoms with Crippen molar-refractivity contribution < 1.29 is 9.13 Å². The first-order valence-electron chi connectivity index (χ1n) is 5.38. The largest absolute Gasteiger partial charge is 0.373 e. The normalized spacial score (nSPS) is 26.5. The van der Waals surface area contributed by atoms with Crippen molar-refractivity contribution in [1.29, 1.82) is 0 Å². The second kappa shape index (κ2) is 4.73. The Hall–Kier alpha value is -0.930. The summed E-state index contributed by atoms with van der Waals surface area (Å²) < 4.78 is 18.7. The SMILES string of the molecule is NCC1CCCOC1c1cccc(F)c1. The summed E-state index contributed by atoms with van der Waals surface area (Å²) in [6, 6.07) is 6.61. The fraction of sp³-hybridized carbons (Fsp3) is 0.500. The van der Waals surface area contributed by atoms with E-state index in [-0.39, 0.29) is 11.9 Å².